The first-order valence-electron chi connectivity index (χ1n) is 40.4. The number of nitrogens with zero attached hydrogens (tertiary/aromatic N) is 8. The van der Waals surface area contributed by atoms with Gasteiger partial charge in [0.25, 0.3) is 17.6 Å². The van der Waals surface area contributed by atoms with Crippen molar-refractivity contribution < 1.29 is 71.8 Å². The minimum atomic E-state index is -1.18. The van der Waals surface area contributed by atoms with Crippen molar-refractivity contribution in [3.8, 4) is 17.6 Å². The molecule has 3 aliphatic rings. The van der Waals surface area contributed by atoms with Crippen molar-refractivity contribution in [1.29, 1.82) is 0 Å². The smallest absolute Gasteiger partial charge is 0.365 e. The standard InChI is InChI=1S/C38H35Cl2N3O5.C32H25Cl2N3O3.C19H21Cl2N3O5.C6H11ClO2/c1-37(2,3)36(45)47-24-46-35(44)33-34(48-30-20-19-25-22-31(39)32(40)23-26(25)21-30)41-42-43(33)38(27-13-7-4-8-14-27,28-15-9-5-10-16-28)29-17-11-6-12-18-29;33-27-19-21-16-17-26(18-22(21)20-28(27)34)40-30-29(31(38)39)37(36-35-30)32(23-10-4-1-5-11-23,24-12-6-2-7-13-24)25-14-8-3-9-15-25;1-19(2,3)18(26)28-9-27-17(25)15-16(23-24-22-15)29-12-5-4-10-7-13(20)14(21)8-11(10)6-12;1-6(2,3)5(8)9-4-7/h4-18,22-23,30H,19-21,24H2,1-3H3;1-15,19-20,26H,16-18H2,(H,38,39);7-8,12H,4-6,9H2,1-3H3,(H,22,23,24);4H2,1-3H3. The highest BCUT2D eigenvalue weighted by Crippen LogP contribution is 2.46. The largest absolute Gasteiger partial charge is 0.476 e. The number of benzene rings is 9. The molecule has 0 saturated heterocycles. The van der Waals surface area contributed by atoms with Crippen LogP contribution in [0.25, 0.3) is 0 Å². The molecule has 3 aliphatic carbocycles. The first-order valence-corrected chi connectivity index (χ1v) is 43.2. The summed E-state index contributed by atoms with van der Waals surface area (Å²) >= 11 is 42.5. The number of carbonyl (C=O) groups excluding carboxylic acids is 5. The van der Waals surface area contributed by atoms with Gasteiger partial charge in [0.15, 0.2) is 6.07 Å². The second-order valence-electron chi connectivity index (χ2n) is 33.0. The Morgan fingerprint density at radius 3 is 0.944 bits per heavy atom. The minimum absolute atomic E-state index is 0.00262. The number of carboxylic acids is 1. The van der Waals surface area contributed by atoms with E-state index in [1.807, 2.05) is 218 Å². The molecule has 0 amide bonds. The van der Waals surface area contributed by atoms with E-state index >= 15 is 0 Å². The van der Waals surface area contributed by atoms with Gasteiger partial charge in [-0.3, -0.25) is 14.4 Å². The number of alkyl halides is 1. The summed E-state index contributed by atoms with van der Waals surface area (Å²) in [4.78, 5) is 74.4. The molecule has 3 unspecified atom stereocenters. The average Bonchev–Trinajstić information content (AvgIpc) is 1.47. The van der Waals surface area contributed by atoms with Gasteiger partial charge in [-0.05, 0) is 204 Å². The molecule has 0 aliphatic heterocycles. The number of ether oxygens (including phenoxy) is 8. The second kappa shape index (κ2) is 41.4. The lowest BCUT2D eigenvalue weighted by Crippen LogP contribution is -2.41. The Bertz CT molecular complexity index is 5620. The van der Waals surface area contributed by atoms with Crippen molar-refractivity contribution in [2.75, 3.05) is 19.7 Å². The lowest BCUT2D eigenvalue weighted by molar-refractivity contribution is -0.162. The van der Waals surface area contributed by atoms with E-state index in [9.17, 15) is 33.9 Å². The fourth-order valence-corrected chi connectivity index (χ4v) is 16.0. The first-order chi connectivity index (χ1) is 60.2. The average molecular weight is 1850 g/mol. The molecule has 3 heterocycles. The molecular weight excluding hydrogens is 1760 g/mol. The van der Waals surface area contributed by atoms with Gasteiger partial charge in [-0.15, -0.1) is 0 Å². The van der Waals surface area contributed by atoms with Gasteiger partial charge < -0.3 is 43.0 Å². The van der Waals surface area contributed by atoms with Crippen LogP contribution in [0.15, 0.2) is 218 Å². The minimum Gasteiger partial charge on any atom is -0.476 e. The molecule has 656 valence electrons. The zero-order valence-corrected chi connectivity index (χ0v) is 75.7. The van der Waals surface area contributed by atoms with E-state index < -0.39 is 70.8 Å². The summed E-state index contributed by atoms with van der Waals surface area (Å²) in [5.74, 6) is -4.01. The number of carbonyl (C=O) groups is 6. The maximum atomic E-state index is 14.2. The fourth-order valence-electron chi connectivity index (χ4n) is 14.8. The highest BCUT2D eigenvalue weighted by molar-refractivity contribution is 6.43. The number of aryl methyl sites for hydroxylation is 3. The zero-order valence-electron chi connectivity index (χ0n) is 70.4. The Hall–Kier alpha value is -11.4. The number of fused-ring (bicyclic) bond motifs is 3. The molecular formula is C95H92Cl7N9O15. The Morgan fingerprint density at radius 1 is 0.373 bits per heavy atom. The molecule has 3 atom stereocenters. The second-order valence-corrected chi connectivity index (χ2v) is 35.7. The number of H-pyrrole nitrogens is 1. The Kier molecular flexibility index (Phi) is 30.8. The van der Waals surface area contributed by atoms with Crippen LogP contribution >= 0.6 is 81.2 Å². The molecule has 12 aromatic rings. The summed E-state index contributed by atoms with van der Waals surface area (Å²) in [7, 11) is 0. The topological polar surface area (TPSA) is 299 Å². The van der Waals surface area contributed by atoms with Gasteiger partial charge in [0, 0.05) is 19.3 Å². The van der Waals surface area contributed by atoms with E-state index in [0.29, 0.717) is 68.7 Å². The van der Waals surface area contributed by atoms with Crippen molar-refractivity contribution in [1.82, 2.24) is 45.4 Å². The number of aromatic nitrogens is 9. The first kappa shape index (κ1) is 93.8. The monoisotopic (exact) mass is 1840 g/mol. The molecule has 31 heteroatoms. The molecule has 0 saturated carbocycles. The predicted molar refractivity (Wildman–Crippen MR) is 479 cm³/mol. The number of hydrogen-bond acceptors (Lipinski definition) is 20. The van der Waals surface area contributed by atoms with Crippen LogP contribution in [0.4, 0.5) is 0 Å². The number of aromatic amines is 1. The van der Waals surface area contributed by atoms with E-state index in [-0.39, 0.29) is 65.1 Å². The van der Waals surface area contributed by atoms with Crippen LogP contribution in [0.2, 0.25) is 30.1 Å². The normalized spacial score (nSPS) is 14.8. The predicted octanol–water partition coefficient (Wildman–Crippen LogP) is 20.6. The number of esters is 5. The Balaban J connectivity index is 0.000000168. The summed E-state index contributed by atoms with van der Waals surface area (Å²) in [5, 5.41) is 41.4. The Labute approximate surface area is 764 Å². The van der Waals surface area contributed by atoms with E-state index in [1.165, 1.54) is 4.68 Å². The van der Waals surface area contributed by atoms with Crippen LogP contribution in [-0.4, -0.2) is 124 Å². The molecule has 9 aromatic carbocycles. The highest BCUT2D eigenvalue weighted by atomic mass is 35.5. The molecule has 126 heavy (non-hydrogen) atoms. The number of hydrogen-bond donors (Lipinski definition) is 2. The van der Waals surface area contributed by atoms with Gasteiger partial charge in [0.2, 0.25) is 30.7 Å². The van der Waals surface area contributed by atoms with Crippen LogP contribution in [-0.2, 0) is 87.7 Å². The molecule has 0 bridgehead atoms. The van der Waals surface area contributed by atoms with Crippen LogP contribution in [0.1, 0.15) is 180 Å². The quantitative estimate of drug-likeness (QED) is 0.0209. The van der Waals surface area contributed by atoms with Gasteiger partial charge in [-0.1, -0.05) is 294 Å². The molecule has 0 radical (unpaired) electrons. The zero-order chi connectivity index (χ0) is 90.3. The maximum absolute atomic E-state index is 14.2. The molecule has 24 nitrogen and oxygen atoms in total. The lowest BCUT2D eigenvalue weighted by atomic mass is 9.77. The van der Waals surface area contributed by atoms with Crippen LogP contribution in [0, 0.1) is 16.2 Å². The molecule has 0 fully saturated rings. The van der Waals surface area contributed by atoms with E-state index in [2.05, 4.69) is 40.8 Å². The number of carboxylic acid groups (broad SMARTS) is 1. The van der Waals surface area contributed by atoms with Gasteiger partial charge in [0.05, 0.1) is 46.4 Å². The number of aromatic carboxylic acids is 1. The van der Waals surface area contributed by atoms with Gasteiger partial charge >= 0.3 is 35.8 Å². The summed E-state index contributed by atoms with van der Waals surface area (Å²) < 4.78 is 47.1. The van der Waals surface area contributed by atoms with Crippen LogP contribution < -0.4 is 14.2 Å². The SMILES string of the molecule is CC(C)(C)C(=O)OCCl.CC(C)(C)C(=O)OCOC(=O)c1[nH]nnc1OC1CCc2cc(Cl)c(Cl)cc2C1.CC(C)(C)C(=O)OCOC(=O)c1c(OC2CCc3cc(Cl)c(Cl)cc3C2)nnn1C(c1ccccc1)(c1ccccc1)c1ccccc1.O=C(O)c1c(OC2CCc3cc(Cl)c(Cl)cc3C2)nnn1C(c1ccccc1)(c1ccccc1)c1ccccc1. The molecule has 15 rings (SSSR count). The third kappa shape index (κ3) is 22.0. The highest BCUT2D eigenvalue weighted by Gasteiger charge is 2.47. The van der Waals surface area contributed by atoms with Crippen LogP contribution in [0.5, 0.6) is 17.6 Å². The Morgan fingerprint density at radius 2 is 0.651 bits per heavy atom. The molecule has 3 aromatic heterocycles. The van der Waals surface area contributed by atoms with Gasteiger partial charge in [-0.2, -0.15) is 0 Å². The lowest BCUT2D eigenvalue weighted by Gasteiger charge is -2.36. The van der Waals surface area contributed by atoms with E-state index in [0.717, 1.165) is 86.0 Å². The van der Waals surface area contributed by atoms with E-state index in [4.69, 9.17) is 114 Å². The number of nitrogens with one attached hydrogen (secondary N) is 1. The van der Waals surface area contributed by atoms with Crippen molar-refractivity contribution in [3.63, 3.8) is 0 Å². The van der Waals surface area contributed by atoms with Crippen molar-refractivity contribution >= 4 is 117 Å². The molecule has 0 spiro atoms. The number of halogens is 7. The number of rotatable bonds is 22. The van der Waals surface area contributed by atoms with Gasteiger partial charge in [-0.25, -0.2) is 28.8 Å². The summed E-state index contributed by atoms with van der Waals surface area (Å²) in [5.41, 5.74) is 6.99. The van der Waals surface area contributed by atoms with Gasteiger partial charge in [0.1, 0.15) is 29.4 Å². The fraction of sp³-hybridized carbons (Fsp3) is 0.305. The summed E-state index contributed by atoms with van der Waals surface area (Å²) in [6.07, 6.45) is 5.06. The van der Waals surface area contributed by atoms with E-state index in [1.54, 1.807) is 67.0 Å². The van der Waals surface area contributed by atoms with Crippen molar-refractivity contribution in [3.05, 3.63) is 332 Å². The summed E-state index contributed by atoms with van der Waals surface area (Å²) in [6.45, 7) is 14.5. The maximum Gasteiger partial charge on any atom is 0.365 e. The van der Waals surface area contributed by atoms with Crippen molar-refractivity contribution in [2.24, 2.45) is 16.2 Å². The third-order valence-electron chi connectivity index (χ3n) is 21.1. The van der Waals surface area contributed by atoms with Crippen molar-refractivity contribution in [2.45, 2.75) is 149 Å². The molecule has 2 N–H and O–H groups in total. The third-order valence-corrected chi connectivity index (χ3v) is 23.4. The summed E-state index contributed by atoms with van der Waals surface area (Å²) in [6, 6.07) is 69.6. The van der Waals surface area contributed by atoms with Crippen LogP contribution in [0.3, 0.4) is 0 Å².